The second kappa shape index (κ2) is 6.58. The molecule has 2 unspecified atom stereocenters. The Bertz CT molecular complexity index is 348. The number of benzene rings is 1. The number of ether oxygens (including phenoxy) is 4. The van der Waals surface area contributed by atoms with Crippen LogP contribution in [0.1, 0.15) is 0 Å². The summed E-state index contributed by atoms with van der Waals surface area (Å²) in [6, 6.07) is 6.66. The summed E-state index contributed by atoms with van der Waals surface area (Å²) in [7, 11) is 1.56. The Morgan fingerprint density at radius 2 is 1.83 bits per heavy atom. The third-order valence-electron chi connectivity index (χ3n) is 2.47. The van der Waals surface area contributed by atoms with Gasteiger partial charge in [0.15, 0.2) is 0 Å². The van der Waals surface area contributed by atoms with E-state index in [0.29, 0.717) is 18.0 Å². The van der Waals surface area contributed by atoms with Gasteiger partial charge in [-0.3, -0.25) is 0 Å². The monoisotopic (exact) mass is 254 g/mol. The van der Waals surface area contributed by atoms with Crippen LogP contribution in [0.15, 0.2) is 24.3 Å². The highest BCUT2D eigenvalue weighted by Crippen LogP contribution is 2.16. The summed E-state index contributed by atoms with van der Waals surface area (Å²) in [6.07, 6.45) is 0.785. The second-order valence-electron chi connectivity index (χ2n) is 4.15. The van der Waals surface area contributed by atoms with Crippen LogP contribution < -0.4 is 4.74 Å². The molecule has 3 rings (SSSR count). The Balaban J connectivity index is 0.000000134. The molecule has 100 valence electrons. The van der Waals surface area contributed by atoms with E-state index in [2.05, 4.69) is 0 Å². The van der Waals surface area contributed by atoms with Gasteiger partial charge in [0, 0.05) is 6.07 Å². The molecule has 2 aliphatic rings. The van der Waals surface area contributed by atoms with E-state index in [1.807, 2.05) is 0 Å². The molecule has 2 aliphatic heterocycles. The number of phenolic OH excluding ortho intramolecular Hbond substituents is 1. The third-order valence-corrected chi connectivity index (χ3v) is 2.47. The first-order valence-electron chi connectivity index (χ1n) is 5.92. The van der Waals surface area contributed by atoms with Crippen molar-refractivity contribution in [3.63, 3.8) is 0 Å². The number of methoxy groups -OCH3 is 1. The standard InChI is InChI=1S/C7H8O2.C6H10O3/c1-9-7-4-2-3-6(8)5-7;1(5-3-8-5)7-2-6-4-9-6/h2-5,8H,1H3;5-6H,1-4H2. The lowest BCUT2D eigenvalue weighted by molar-refractivity contribution is 0.102. The Hall–Kier alpha value is -1.30. The molecule has 5 heteroatoms. The first kappa shape index (κ1) is 13.1. The average Bonchev–Trinajstić information content (AvgIpc) is 3.24. The van der Waals surface area contributed by atoms with E-state index in [-0.39, 0.29) is 5.75 Å². The maximum absolute atomic E-state index is 8.86. The van der Waals surface area contributed by atoms with Crippen molar-refractivity contribution in [2.75, 3.05) is 33.5 Å². The molecule has 1 N–H and O–H groups in total. The molecule has 2 saturated heterocycles. The molecule has 0 aliphatic carbocycles. The van der Waals surface area contributed by atoms with Gasteiger partial charge in [0.05, 0.1) is 33.5 Å². The number of aromatic hydroxyl groups is 1. The maximum Gasteiger partial charge on any atom is 0.122 e. The van der Waals surface area contributed by atoms with Crippen molar-refractivity contribution in [3.05, 3.63) is 24.3 Å². The van der Waals surface area contributed by atoms with Crippen LogP contribution in [0.2, 0.25) is 0 Å². The summed E-state index contributed by atoms with van der Waals surface area (Å²) in [4.78, 5) is 0. The van der Waals surface area contributed by atoms with Gasteiger partial charge >= 0.3 is 0 Å². The summed E-state index contributed by atoms with van der Waals surface area (Å²) in [5, 5.41) is 8.86. The van der Waals surface area contributed by atoms with Gasteiger partial charge in [-0.05, 0) is 12.1 Å². The van der Waals surface area contributed by atoms with E-state index in [1.165, 1.54) is 0 Å². The lowest BCUT2D eigenvalue weighted by Gasteiger charge is -1.97. The molecule has 2 heterocycles. The Morgan fingerprint density at radius 1 is 1.22 bits per heavy atom. The van der Waals surface area contributed by atoms with E-state index in [9.17, 15) is 0 Å². The topological polar surface area (TPSA) is 63.8 Å². The molecule has 0 spiro atoms. The van der Waals surface area contributed by atoms with Crippen molar-refractivity contribution in [1.29, 1.82) is 0 Å². The second-order valence-corrected chi connectivity index (χ2v) is 4.15. The summed E-state index contributed by atoms with van der Waals surface area (Å²) < 4.78 is 20.0. The molecule has 0 amide bonds. The number of rotatable bonds is 5. The van der Waals surface area contributed by atoms with Gasteiger partial charge in [0.25, 0.3) is 0 Å². The van der Waals surface area contributed by atoms with Crippen molar-refractivity contribution in [1.82, 2.24) is 0 Å². The van der Waals surface area contributed by atoms with Crippen LogP contribution in [0.3, 0.4) is 0 Å². The molecular formula is C13H18O5. The van der Waals surface area contributed by atoms with Crippen molar-refractivity contribution in [2.24, 2.45) is 0 Å². The van der Waals surface area contributed by atoms with Gasteiger partial charge in [-0.2, -0.15) is 0 Å². The van der Waals surface area contributed by atoms with Gasteiger partial charge in [-0.25, -0.2) is 0 Å². The predicted molar refractivity (Wildman–Crippen MR) is 65.0 cm³/mol. The Morgan fingerprint density at radius 3 is 2.22 bits per heavy atom. The Kier molecular flexibility index (Phi) is 4.81. The van der Waals surface area contributed by atoms with Gasteiger partial charge in [-0.15, -0.1) is 0 Å². The van der Waals surface area contributed by atoms with Crippen LogP contribution in [0.4, 0.5) is 0 Å². The largest absolute Gasteiger partial charge is 0.508 e. The van der Waals surface area contributed by atoms with Crippen LogP contribution in [0.5, 0.6) is 11.5 Å². The van der Waals surface area contributed by atoms with Crippen LogP contribution >= 0.6 is 0 Å². The molecule has 0 aromatic heterocycles. The van der Waals surface area contributed by atoms with Crippen molar-refractivity contribution < 1.29 is 24.1 Å². The molecule has 0 radical (unpaired) electrons. The molecule has 2 atom stereocenters. The maximum atomic E-state index is 8.86. The Labute approximate surface area is 106 Å². The average molecular weight is 254 g/mol. The molecule has 1 aromatic carbocycles. The first-order chi connectivity index (χ1) is 8.78. The smallest absolute Gasteiger partial charge is 0.122 e. The summed E-state index contributed by atoms with van der Waals surface area (Å²) >= 11 is 0. The quantitative estimate of drug-likeness (QED) is 0.800. The third kappa shape index (κ3) is 5.35. The molecule has 2 fully saturated rings. The zero-order valence-electron chi connectivity index (χ0n) is 10.4. The minimum absolute atomic E-state index is 0.231. The zero-order chi connectivity index (χ0) is 12.8. The minimum Gasteiger partial charge on any atom is -0.508 e. The first-order valence-corrected chi connectivity index (χ1v) is 5.92. The minimum atomic E-state index is 0.231. The number of hydrogen-bond acceptors (Lipinski definition) is 5. The molecule has 5 nitrogen and oxygen atoms in total. The van der Waals surface area contributed by atoms with Gasteiger partial charge in [0.1, 0.15) is 23.7 Å². The fourth-order valence-corrected chi connectivity index (χ4v) is 1.27. The normalized spacial score (nSPS) is 23.8. The van der Waals surface area contributed by atoms with E-state index in [0.717, 1.165) is 26.4 Å². The zero-order valence-corrected chi connectivity index (χ0v) is 10.4. The summed E-state index contributed by atoms with van der Waals surface area (Å²) in [6.45, 7) is 3.26. The van der Waals surface area contributed by atoms with E-state index in [4.69, 9.17) is 24.1 Å². The summed E-state index contributed by atoms with van der Waals surface area (Å²) in [5.74, 6) is 0.907. The van der Waals surface area contributed by atoms with Crippen molar-refractivity contribution in [2.45, 2.75) is 12.2 Å². The fourth-order valence-electron chi connectivity index (χ4n) is 1.27. The van der Waals surface area contributed by atoms with Crippen molar-refractivity contribution in [3.8, 4) is 11.5 Å². The van der Waals surface area contributed by atoms with Crippen LogP contribution in [-0.2, 0) is 14.2 Å². The number of phenols is 1. The van der Waals surface area contributed by atoms with E-state index < -0.39 is 0 Å². The predicted octanol–water partition coefficient (Wildman–Crippen LogP) is 1.20. The highest BCUT2D eigenvalue weighted by Gasteiger charge is 2.26. The molecule has 18 heavy (non-hydrogen) atoms. The number of epoxide rings is 2. The molecule has 0 saturated carbocycles. The molecule has 1 aromatic rings. The van der Waals surface area contributed by atoms with Crippen LogP contribution in [-0.4, -0.2) is 50.9 Å². The highest BCUT2D eigenvalue weighted by molar-refractivity contribution is 5.31. The van der Waals surface area contributed by atoms with Crippen molar-refractivity contribution >= 4 is 0 Å². The van der Waals surface area contributed by atoms with E-state index >= 15 is 0 Å². The lowest BCUT2D eigenvalue weighted by atomic mass is 10.3. The number of hydrogen-bond donors (Lipinski definition) is 1. The lowest BCUT2D eigenvalue weighted by Crippen LogP contribution is -2.06. The molecular weight excluding hydrogens is 236 g/mol. The fraction of sp³-hybridized carbons (Fsp3) is 0.538. The highest BCUT2D eigenvalue weighted by atomic mass is 16.6. The van der Waals surface area contributed by atoms with Gasteiger partial charge in [-0.1, -0.05) is 6.07 Å². The van der Waals surface area contributed by atoms with Gasteiger partial charge in [0.2, 0.25) is 0 Å². The SMILES string of the molecule is C(OCC1CO1)C1CO1.COc1cccc(O)c1. The molecule has 0 bridgehead atoms. The van der Waals surface area contributed by atoms with Crippen LogP contribution in [0, 0.1) is 0 Å². The van der Waals surface area contributed by atoms with E-state index in [1.54, 1.807) is 31.4 Å². The summed E-state index contributed by atoms with van der Waals surface area (Å²) in [5.41, 5.74) is 0. The van der Waals surface area contributed by atoms with Gasteiger partial charge < -0.3 is 24.1 Å². The van der Waals surface area contributed by atoms with Crippen LogP contribution in [0.25, 0.3) is 0 Å².